The molecule has 68 heavy (non-hydrogen) atoms. The second kappa shape index (κ2) is 29.2. The van der Waals surface area contributed by atoms with Crippen LogP contribution >= 0.6 is 0 Å². The molecule has 0 aliphatic heterocycles. The summed E-state index contributed by atoms with van der Waals surface area (Å²) in [7, 11) is 0. The molecule has 0 saturated heterocycles. The number of nitrogens with one attached hydrogen (secondary N) is 7. The standard InChI is InChI=1S/C44H69N9O15/c1-21(2)17-28(49-41(64)29(19-32(46)55)50-43(66)37(23(5)6)53-39(62)26(45)13-15-34(57)58)31(54)20-33(56)52-36(22(3)4)42(65)47-24(7)38(61)48-27(14-16-35(59)60)40(63)51-30(44(67)68)18-25-11-9-8-10-12-25/h8-12,21-24,26-31,36-37,54H,13-20,45H2,1-7H3,(H2,46,55)(H,47,65)(H,48,61)(H,49,64)(H,50,66)(H,51,63)(H,52,56)(H,53,62)(H,57,58)(H,59,60)(H,67,68)/t24-,26-,27-,28-,29-,30-,31?,36-,37-/m0/s1. The molecule has 8 amide bonds. The molecule has 0 aliphatic rings. The molecule has 1 unspecified atom stereocenters. The van der Waals surface area contributed by atoms with Crippen molar-refractivity contribution in [3.05, 3.63) is 35.9 Å². The van der Waals surface area contributed by atoms with Crippen molar-refractivity contribution in [2.75, 3.05) is 0 Å². The van der Waals surface area contributed by atoms with Gasteiger partial charge in [-0.05, 0) is 49.5 Å². The van der Waals surface area contributed by atoms with Crippen molar-refractivity contribution >= 4 is 65.2 Å². The number of aliphatic hydroxyl groups excluding tert-OH is 1. The van der Waals surface area contributed by atoms with Crippen LogP contribution < -0.4 is 48.7 Å². The van der Waals surface area contributed by atoms with Gasteiger partial charge in [0.25, 0.3) is 0 Å². The predicted molar refractivity (Wildman–Crippen MR) is 242 cm³/mol. The van der Waals surface area contributed by atoms with E-state index in [1.54, 1.807) is 71.9 Å². The molecule has 0 saturated carbocycles. The molecule has 24 heteroatoms. The zero-order valence-corrected chi connectivity index (χ0v) is 39.4. The predicted octanol–water partition coefficient (Wildman–Crippen LogP) is -2.23. The summed E-state index contributed by atoms with van der Waals surface area (Å²) in [5.41, 5.74) is 11.8. The number of hydrogen-bond donors (Lipinski definition) is 13. The number of rotatable bonds is 31. The Kier molecular flexibility index (Phi) is 25.4. The number of benzene rings is 1. The molecule has 0 spiro atoms. The van der Waals surface area contributed by atoms with E-state index in [1.807, 2.05) is 0 Å². The van der Waals surface area contributed by atoms with E-state index in [4.69, 9.17) is 16.6 Å². The molecular weight excluding hydrogens is 895 g/mol. The largest absolute Gasteiger partial charge is 0.481 e. The van der Waals surface area contributed by atoms with E-state index in [9.17, 15) is 68.1 Å². The first-order valence-corrected chi connectivity index (χ1v) is 22.2. The van der Waals surface area contributed by atoms with Gasteiger partial charge in [-0.2, -0.15) is 0 Å². The summed E-state index contributed by atoms with van der Waals surface area (Å²) in [4.78, 5) is 139. The van der Waals surface area contributed by atoms with Gasteiger partial charge in [0.15, 0.2) is 0 Å². The Morgan fingerprint density at radius 2 is 1.06 bits per heavy atom. The molecule has 0 fully saturated rings. The molecule has 380 valence electrons. The normalized spacial score (nSPS) is 15.2. The van der Waals surface area contributed by atoms with E-state index in [-0.39, 0.29) is 25.2 Å². The summed E-state index contributed by atoms with van der Waals surface area (Å²) in [6, 6.07) is -2.62. The Hall–Kier alpha value is -6.69. The number of carboxylic acid groups (broad SMARTS) is 3. The Morgan fingerprint density at radius 3 is 1.57 bits per heavy atom. The summed E-state index contributed by atoms with van der Waals surface area (Å²) < 4.78 is 0. The Morgan fingerprint density at radius 1 is 0.559 bits per heavy atom. The van der Waals surface area contributed by atoms with Gasteiger partial charge in [0, 0.05) is 19.3 Å². The number of carbonyl (C=O) groups excluding carboxylic acids is 8. The number of carboxylic acids is 3. The maximum absolute atomic E-state index is 13.6. The fourth-order valence-corrected chi connectivity index (χ4v) is 6.60. The maximum atomic E-state index is 13.6. The second-order valence-electron chi connectivity index (χ2n) is 17.6. The monoisotopic (exact) mass is 963 g/mol. The highest BCUT2D eigenvalue weighted by molar-refractivity contribution is 5.96. The van der Waals surface area contributed by atoms with Crippen LogP contribution in [0.2, 0.25) is 0 Å². The fourth-order valence-electron chi connectivity index (χ4n) is 6.60. The van der Waals surface area contributed by atoms with Crippen LogP contribution in [-0.2, 0) is 59.2 Å². The lowest BCUT2D eigenvalue weighted by atomic mass is 9.95. The summed E-state index contributed by atoms with van der Waals surface area (Å²) in [6.45, 7) is 11.0. The van der Waals surface area contributed by atoms with Crippen molar-refractivity contribution in [3.8, 4) is 0 Å². The van der Waals surface area contributed by atoms with Crippen LogP contribution in [0.3, 0.4) is 0 Å². The average molecular weight is 964 g/mol. The van der Waals surface area contributed by atoms with E-state index in [0.717, 1.165) is 0 Å². The number of primary amides is 1. The Balaban J connectivity index is 3.12. The van der Waals surface area contributed by atoms with Gasteiger partial charge in [-0.3, -0.25) is 47.9 Å². The molecule has 0 aromatic heterocycles. The topological polar surface area (TPSA) is 405 Å². The van der Waals surface area contributed by atoms with Crippen LogP contribution in [0.5, 0.6) is 0 Å². The molecular formula is C44H69N9O15. The van der Waals surface area contributed by atoms with E-state index in [0.29, 0.717) is 5.56 Å². The molecule has 15 N–H and O–H groups in total. The lowest BCUT2D eigenvalue weighted by Gasteiger charge is -2.30. The zero-order valence-electron chi connectivity index (χ0n) is 39.4. The highest BCUT2D eigenvalue weighted by Crippen LogP contribution is 2.14. The highest BCUT2D eigenvalue weighted by Gasteiger charge is 2.35. The van der Waals surface area contributed by atoms with Crippen molar-refractivity contribution in [2.45, 2.75) is 154 Å². The molecule has 1 aromatic carbocycles. The quantitative estimate of drug-likeness (QED) is 0.0374. The molecule has 1 rings (SSSR count). The van der Waals surface area contributed by atoms with Crippen LogP contribution in [0.25, 0.3) is 0 Å². The third-order valence-corrected chi connectivity index (χ3v) is 10.4. The molecule has 0 bridgehead atoms. The summed E-state index contributed by atoms with van der Waals surface area (Å²) >= 11 is 0. The van der Waals surface area contributed by atoms with Crippen molar-refractivity contribution in [3.63, 3.8) is 0 Å². The van der Waals surface area contributed by atoms with Crippen molar-refractivity contribution in [2.24, 2.45) is 29.2 Å². The van der Waals surface area contributed by atoms with E-state index in [1.165, 1.54) is 6.92 Å². The van der Waals surface area contributed by atoms with Crippen LogP contribution in [0.1, 0.15) is 99.0 Å². The number of hydrogen-bond acceptors (Lipinski definition) is 13. The molecule has 1 aromatic rings. The van der Waals surface area contributed by atoms with E-state index in [2.05, 4.69) is 37.2 Å². The Labute approximate surface area is 394 Å². The third kappa shape index (κ3) is 22.2. The maximum Gasteiger partial charge on any atom is 0.326 e. The first kappa shape index (κ1) is 59.3. The summed E-state index contributed by atoms with van der Waals surface area (Å²) in [5, 5.41) is 56.2. The first-order valence-electron chi connectivity index (χ1n) is 22.2. The Bertz CT molecular complexity index is 1930. The number of aliphatic carboxylic acids is 3. The molecule has 24 nitrogen and oxygen atoms in total. The number of aliphatic hydroxyl groups is 1. The summed E-state index contributed by atoms with van der Waals surface area (Å²) in [5.74, 6) is -12.6. The van der Waals surface area contributed by atoms with Gasteiger partial charge in [-0.25, -0.2) is 4.79 Å². The SMILES string of the molecule is CC(C)C[C@H](NC(=O)[C@H](CC(N)=O)NC(=O)[C@@H](NC(=O)[C@@H](N)CCC(=O)O)C(C)C)C(O)CC(=O)N[C@H](C(=O)N[C@@H](C)C(=O)N[C@@H](CCC(=O)O)C(=O)N[C@@H](Cc1ccccc1)C(=O)O)C(C)C. The second-order valence-corrected chi connectivity index (χ2v) is 17.6. The van der Waals surface area contributed by atoms with Crippen LogP contribution in [0.15, 0.2) is 30.3 Å². The van der Waals surface area contributed by atoms with Crippen LogP contribution in [0.4, 0.5) is 0 Å². The molecule has 9 atom stereocenters. The number of carbonyl (C=O) groups is 11. The van der Waals surface area contributed by atoms with Gasteiger partial charge in [0.2, 0.25) is 47.3 Å². The van der Waals surface area contributed by atoms with Crippen LogP contribution in [-0.4, -0.2) is 140 Å². The van der Waals surface area contributed by atoms with Crippen LogP contribution in [0, 0.1) is 17.8 Å². The minimum absolute atomic E-state index is 0.0759. The molecule has 0 radical (unpaired) electrons. The minimum Gasteiger partial charge on any atom is -0.481 e. The first-order chi connectivity index (χ1) is 31.6. The smallest absolute Gasteiger partial charge is 0.326 e. The zero-order chi connectivity index (χ0) is 52.0. The third-order valence-electron chi connectivity index (χ3n) is 10.4. The number of amides is 8. The van der Waals surface area contributed by atoms with Gasteiger partial charge >= 0.3 is 17.9 Å². The van der Waals surface area contributed by atoms with E-state index < -0.39 is 164 Å². The van der Waals surface area contributed by atoms with Gasteiger partial charge in [-0.15, -0.1) is 0 Å². The highest BCUT2D eigenvalue weighted by atomic mass is 16.4. The van der Waals surface area contributed by atoms with Crippen molar-refractivity contribution in [1.29, 1.82) is 0 Å². The van der Waals surface area contributed by atoms with Gasteiger partial charge < -0.3 is 69.1 Å². The van der Waals surface area contributed by atoms with Gasteiger partial charge in [0.05, 0.1) is 31.0 Å². The van der Waals surface area contributed by atoms with Crippen molar-refractivity contribution in [1.82, 2.24) is 37.2 Å². The lowest BCUT2D eigenvalue weighted by molar-refractivity contribution is -0.143. The lowest BCUT2D eigenvalue weighted by Crippen LogP contribution is -2.59. The molecule has 0 aliphatic carbocycles. The fraction of sp³-hybridized carbons (Fsp3) is 0.614. The van der Waals surface area contributed by atoms with E-state index >= 15 is 0 Å². The average Bonchev–Trinajstić information content (AvgIpc) is 3.23. The van der Waals surface area contributed by atoms with Crippen molar-refractivity contribution < 1.29 is 73.2 Å². The van der Waals surface area contributed by atoms with Gasteiger partial charge in [0.1, 0.15) is 36.3 Å². The summed E-state index contributed by atoms with van der Waals surface area (Å²) in [6.07, 6.45) is -4.67. The molecule has 0 heterocycles. The van der Waals surface area contributed by atoms with Gasteiger partial charge in [-0.1, -0.05) is 71.9 Å². The number of nitrogens with two attached hydrogens (primary N) is 2. The minimum atomic E-state index is -1.62.